The molecule has 1 rings (SSSR count). The van der Waals surface area contributed by atoms with Crippen LogP contribution in [0.5, 0.6) is 5.75 Å². The Morgan fingerprint density at radius 3 is 2.81 bits per heavy atom. The highest BCUT2D eigenvalue weighted by atomic mass is 79.9. The fourth-order valence-corrected chi connectivity index (χ4v) is 1.69. The maximum absolute atomic E-state index is 10.8. The average molecular weight is 287 g/mol. The Balaban J connectivity index is 2.44. The van der Waals surface area contributed by atoms with Crippen molar-refractivity contribution < 1.29 is 14.6 Å². The molecular formula is C12H15BrO3. The highest BCUT2D eigenvalue weighted by Gasteiger charge is 2.03. The number of aldehydes is 1. The first-order chi connectivity index (χ1) is 7.77. The summed E-state index contributed by atoms with van der Waals surface area (Å²) in [5.74, 6) is 0.613. The highest BCUT2D eigenvalue weighted by Crippen LogP contribution is 2.21. The molecule has 0 atom stereocenters. The van der Waals surface area contributed by atoms with Gasteiger partial charge in [-0.3, -0.25) is 4.79 Å². The summed E-state index contributed by atoms with van der Waals surface area (Å²) in [6.07, 6.45) is 3.40. The largest absolute Gasteiger partial charge is 0.493 e. The van der Waals surface area contributed by atoms with E-state index in [9.17, 15) is 4.79 Å². The number of aliphatic hydroxyl groups is 1. The van der Waals surface area contributed by atoms with Crippen LogP contribution in [0.15, 0.2) is 22.7 Å². The monoisotopic (exact) mass is 286 g/mol. The number of carbonyl (C=O) groups excluding carboxylic acids is 1. The van der Waals surface area contributed by atoms with Crippen LogP contribution >= 0.6 is 15.9 Å². The Kier molecular flexibility index (Phi) is 6.11. The van der Waals surface area contributed by atoms with Gasteiger partial charge in [0.15, 0.2) is 6.29 Å². The fraction of sp³-hybridized carbons (Fsp3) is 0.417. The van der Waals surface area contributed by atoms with Crippen LogP contribution in [0.25, 0.3) is 0 Å². The van der Waals surface area contributed by atoms with E-state index in [0.717, 1.165) is 30.0 Å². The van der Waals surface area contributed by atoms with Gasteiger partial charge < -0.3 is 9.84 Å². The maximum atomic E-state index is 10.8. The lowest BCUT2D eigenvalue weighted by Crippen LogP contribution is -2.00. The van der Waals surface area contributed by atoms with Gasteiger partial charge in [0.25, 0.3) is 0 Å². The first-order valence-corrected chi connectivity index (χ1v) is 6.05. The van der Waals surface area contributed by atoms with E-state index in [2.05, 4.69) is 15.9 Å². The van der Waals surface area contributed by atoms with E-state index in [-0.39, 0.29) is 6.61 Å². The van der Waals surface area contributed by atoms with Crippen LogP contribution in [0.4, 0.5) is 0 Å². The van der Waals surface area contributed by atoms with E-state index < -0.39 is 0 Å². The number of aliphatic hydroxyl groups excluding tert-OH is 1. The summed E-state index contributed by atoms with van der Waals surface area (Å²) >= 11 is 3.30. The second kappa shape index (κ2) is 7.41. The van der Waals surface area contributed by atoms with Crippen molar-refractivity contribution in [3.63, 3.8) is 0 Å². The molecule has 0 spiro atoms. The van der Waals surface area contributed by atoms with Gasteiger partial charge in [-0.2, -0.15) is 0 Å². The SMILES string of the molecule is O=Cc1cc(Br)ccc1OCCCCCO. The van der Waals surface area contributed by atoms with E-state index in [4.69, 9.17) is 9.84 Å². The number of rotatable bonds is 7. The predicted octanol–water partition coefficient (Wildman–Crippen LogP) is 2.80. The van der Waals surface area contributed by atoms with Crippen LogP contribution in [0.1, 0.15) is 29.6 Å². The molecule has 0 unspecified atom stereocenters. The molecule has 1 aromatic rings. The van der Waals surface area contributed by atoms with Gasteiger partial charge in [-0.15, -0.1) is 0 Å². The molecule has 16 heavy (non-hydrogen) atoms. The average Bonchev–Trinajstić information content (AvgIpc) is 2.30. The molecule has 1 N–H and O–H groups in total. The van der Waals surface area contributed by atoms with E-state index in [1.165, 1.54) is 0 Å². The number of hydrogen-bond donors (Lipinski definition) is 1. The van der Waals surface area contributed by atoms with Gasteiger partial charge in [0.1, 0.15) is 5.75 Å². The summed E-state index contributed by atoms with van der Waals surface area (Å²) < 4.78 is 6.36. The molecule has 4 heteroatoms. The van der Waals surface area contributed by atoms with Crippen molar-refractivity contribution in [2.45, 2.75) is 19.3 Å². The number of unbranched alkanes of at least 4 members (excludes halogenated alkanes) is 2. The molecule has 0 saturated carbocycles. The van der Waals surface area contributed by atoms with Crippen molar-refractivity contribution in [3.8, 4) is 5.75 Å². The van der Waals surface area contributed by atoms with Gasteiger partial charge in [-0.25, -0.2) is 0 Å². The van der Waals surface area contributed by atoms with Crippen LogP contribution in [0.2, 0.25) is 0 Å². The molecule has 0 aromatic heterocycles. The summed E-state index contributed by atoms with van der Waals surface area (Å²) in [4.78, 5) is 10.8. The lowest BCUT2D eigenvalue weighted by Gasteiger charge is -2.08. The topological polar surface area (TPSA) is 46.5 Å². The summed E-state index contributed by atoms with van der Waals surface area (Å²) in [5, 5.41) is 8.60. The van der Waals surface area contributed by atoms with Crippen LogP contribution in [0.3, 0.4) is 0 Å². The standard InChI is InChI=1S/C12H15BrO3/c13-11-4-5-12(10(8-11)9-15)16-7-3-1-2-6-14/h4-5,8-9,14H,1-3,6-7H2. The summed E-state index contributed by atoms with van der Waals surface area (Å²) in [6, 6.07) is 5.35. The number of benzene rings is 1. The predicted molar refractivity (Wildman–Crippen MR) is 66.0 cm³/mol. The number of halogens is 1. The zero-order valence-corrected chi connectivity index (χ0v) is 10.6. The van der Waals surface area contributed by atoms with Crippen molar-refractivity contribution in [1.29, 1.82) is 0 Å². The normalized spacial score (nSPS) is 10.1. The van der Waals surface area contributed by atoms with Crippen molar-refractivity contribution >= 4 is 22.2 Å². The van der Waals surface area contributed by atoms with Crippen molar-refractivity contribution in [2.75, 3.05) is 13.2 Å². The van der Waals surface area contributed by atoms with E-state index in [1.807, 2.05) is 6.07 Å². The van der Waals surface area contributed by atoms with Gasteiger partial charge in [0, 0.05) is 11.1 Å². The molecule has 0 aliphatic heterocycles. The smallest absolute Gasteiger partial charge is 0.153 e. The molecule has 3 nitrogen and oxygen atoms in total. The molecule has 1 aromatic carbocycles. The molecule has 0 heterocycles. The second-order valence-corrected chi connectivity index (χ2v) is 4.35. The minimum Gasteiger partial charge on any atom is -0.493 e. The van der Waals surface area contributed by atoms with Crippen molar-refractivity contribution in [2.24, 2.45) is 0 Å². The summed E-state index contributed by atoms with van der Waals surface area (Å²) in [7, 11) is 0. The Morgan fingerprint density at radius 1 is 1.31 bits per heavy atom. The fourth-order valence-electron chi connectivity index (χ4n) is 1.32. The van der Waals surface area contributed by atoms with E-state index >= 15 is 0 Å². The summed E-state index contributed by atoms with van der Waals surface area (Å²) in [6.45, 7) is 0.792. The maximum Gasteiger partial charge on any atom is 0.153 e. The molecule has 0 amide bonds. The van der Waals surface area contributed by atoms with Gasteiger partial charge in [0.2, 0.25) is 0 Å². The lowest BCUT2D eigenvalue weighted by molar-refractivity contribution is 0.111. The third-order valence-corrected chi connectivity index (χ3v) is 2.65. The zero-order valence-electron chi connectivity index (χ0n) is 8.99. The van der Waals surface area contributed by atoms with Crippen LogP contribution in [-0.2, 0) is 0 Å². The van der Waals surface area contributed by atoms with E-state index in [0.29, 0.717) is 17.9 Å². The van der Waals surface area contributed by atoms with Gasteiger partial charge in [-0.1, -0.05) is 15.9 Å². The minimum absolute atomic E-state index is 0.220. The molecule has 0 fully saturated rings. The molecule has 0 bridgehead atoms. The van der Waals surface area contributed by atoms with Crippen LogP contribution in [-0.4, -0.2) is 24.6 Å². The van der Waals surface area contributed by atoms with E-state index in [1.54, 1.807) is 12.1 Å². The second-order valence-electron chi connectivity index (χ2n) is 3.43. The molecule has 0 radical (unpaired) electrons. The number of ether oxygens (including phenoxy) is 1. The first-order valence-electron chi connectivity index (χ1n) is 5.26. The molecule has 88 valence electrons. The third kappa shape index (κ3) is 4.33. The van der Waals surface area contributed by atoms with Crippen molar-refractivity contribution in [1.82, 2.24) is 0 Å². The van der Waals surface area contributed by atoms with Crippen molar-refractivity contribution in [3.05, 3.63) is 28.2 Å². The van der Waals surface area contributed by atoms with Gasteiger partial charge in [-0.05, 0) is 37.5 Å². The minimum atomic E-state index is 0.220. The zero-order chi connectivity index (χ0) is 11.8. The number of carbonyl (C=O) groups is 1. The number of hydrogen-bond acceptors (Lipinski definition) is 3. The van der Waals surface area contributed by atoms with Gasteiger partial charge >= 0.3 is 0 Å². The molecular weight excluding hydrogens is 272 g/mol. The Bertz CT molecular complexity index is 339. The third-order valence-electron chi connectivity index (χ3n) is 2.16. The Hall–Kier alpha value is -0.870. The lowest BCUT2D eigenvalue weighted by atomic mass is 10.2. The van der Waals surface area contributed by atoms with Crippen LogP contribution in [0, 0.1) is 0 Å². The molecule has 0 aliphatic carbocycles. The molecule has 0 aliphatic rings. The Morgan fingerprint density at radius 2 is 2.12 bits per heavy atom. The highest BCUT2D eigenvalue weighted by molar-refractivity contribution is 9.10. The first kappa shape index (κ1) is 13.2. The van der Waals surface area contributed by atoms with Gasteiger partial charge in [0.05, 0.1) is 12.2 Å². The Labute approximate surface area is 104 Å². The summed E-state index contributed by atoms with van der Waals surface area (Å²) in [5.41, 5.74) is 0.552. The molecule has 0 saturated heterocycles. The van der Waals surface area contributed by atoms with Crippen LogP contribution < -0.4 is 4.74 Å². The quantitative estimate of drug-likeness (QED) is 0.619.